The number of unbranched alkanes of at least 4 members (excludes halogenated alkanes) is 2. The van der Waals surface area contributed by atoms with E-state index >= 15 is 0 Å². The number of allylic oxidation sites excluding steroid dienone is 1. The Kier molecular flexibility index (Phi) is 31.2. The number of aliphatic hydroxyl groups excluding tert-OH is 11. The van der Waals surface area contributed by atoms with E-state index in [1.165, 1.54) is 6.08 Å². The molecule has 15 N–H and O–H groups in total. The van der Waals surface area contributed by atoms with E-state index in [1.807, 2.05) is 33.8 Å². The molecule has 0 bridgehead atoms. The van der Waals surface area contributed by atoms with Gasteiger partial charge in [-0.2, -0.15) is 0 Å². The quantitative estimate of drug-likeness (QED) is 0.0491. The number of aliphatic imine (C=N–C) groups is 1. The highest BCUT2D eigenvalue weighted by molar-refractivity contribution is 5.75. The van der Waals surface area contributed by atoms with Gasteiger partial charge >= 0.3 is 5.97 Å². The fraction of sp³-hybridized carbons (Fsp3) is 0.878. The molecule has 16 unspecified atom stereocenters. The van der Waals surface area contributed by atoms with Gasteiger partial charge in [-0.05, 0) is 115 Å². The number of rotatable bonds is 10. The molecule has 0 saturated carbocycles. The van der Waals surface area contributed by atoms with E-state index in [0.717, 1.165) is 24.8 Å². The van der Waals surface area contributed by atoms with Gasteiger partial charge in [-0.3, -0.25) is 9.79 Å². The van der Waals surface area contributed by atoms with Crippen LogP contribution in [0.3, 0.4) is 0 Å². The second-order valence-corrected chi connectivity index (χ2v) is 19.6. The summed E-state index contributed by atoms with van der Waals surface area (Å²) in [5.74, 6) is -2.55. The number of guanidine groups is 1. The van der Waals surface area contributed by atoms with Crippen LogP contribution in [0.25, 0.3) is 0 Å². The predicted molar refractivity (Wildman–Crippen MR) is 253 cm³/mol. The lowest BCUT2D eigenvalue weighted by Crippen LogP contribution is -2.42. The molecule has 1 rings (SSSR count). The van der Waals surface area contributed by atoms with Crippen molar-refractivity contribution in [2.45, 2.75) is 243 Å². The van der Waals surface area contributed by atoms with Crippen LogP contribution in [-0.2, 0) is 9.53 Å². The molecule has 1 aliphatic rings. The molecule has 0 aromatic heterocycles. The number of aliphatic hydroxyl groups is 11. The predicted octanol–water partition coefficient (Wildman–Crippen LogP) is 3.39. The summed E-state index contributed by atoms with van der Waals surface area (Å²) in [6.07, 6.45) is -1.58. The molecule has 0 fully saturated rings. The molecule has 1 heterocycles. The maximum atomic E-state index is 14.2. The number of nitrogens with zero attached hydrogens (tertiary/aromatic N) is 1. The highest BCUT2D eigenvalue weighted by Gasteiger charge is 2.37. The van der Waals surface area contributed by atoms with Gasteiger partial charge in [-0.25, -0.2) is 0 Å². The number of cyclic esters (lactones) is 1. The number of hydrogen-bond acceptors (Lipinski definition) is 14. The number of ether oxygens (including phenoxy) is 1. The second-order valence-electron chi connectivity index (χ2n) is 19.6. The van der Waals surface area contributed by atoms with Crippen LogP contribution in [0.15, 0.2) is 28.3 Å². The Bertz CT molecular complexity index is 1370. The SMILES string of the molecule is CCCCCC1C(=O)OC(C(C)C(O)CCCN=C(N)N)C(C)C=C(C)CCCCC(O)CC(O)CC(O)CC(O)CC(O)C(O)C=C(C)C(O)CC(O)CCCC(O)CCC(C)C1O. The fourth-order valence-corrected chi connectivity index (χ4v) is 8.93. The molecule has 0 aliphatic carbocycles. The smallest absolute Gasteiger partial charge is 0.311 e. The Labute approximate surface area is 389 Å². The minimum absolute atomic E-state index is 0.0233. The summed E-state index contributed by atoms with van der Waals surface area (Å²) < 4.78 is 6.34. The molecule has 16 atom stereocenters. The topological polar surface area (TPSA) is 313 Å². The largest absolute Gasteiger partial charge is 0.461 e. The average molecular weight is 932 g/mol. The normalized spacial score (nSPS) is 35.1. The Hall–Kier alpha value is -2.22. The van der Waals surface area contributed by atoms with E-state index in [2.05, 4.69) is 11.9 Å². The van der Waals surface area contributed by atoms with Crippen LogP contribution in [0.5, 0.6) is 0 Å². The van der Waals surface area contributed by atoms with Gasteiger partial charge in [0, 0.05) is 31.2 Å². The van der Waals surface area contributed by atoms with Gasteiger partial charge in [0.1, 0.15) is 6.10 Å². The highest BCUT2D eigenvalue weighted by Crippen LogP contribution is 2.31. The zero-order chi connectivity index (χ0) is 49.2. The van der Waals surface area contributed by atoms with Crippen LogP contribution >= 0.6 is 0 Å². The molecule has 0 spiro atoms. The van der Waals surface area contributed by atoms with Crippen molar-refractivity contribution in [3.05, 3.63) is 23.3 Å². The zero-order valence-electron chi connectivity index (χ0n) is 40.6. The van der Waals surface area contributed by atoms with Crippen LogP contribution in [0, 0.1) is 23.7 Å². The maximum absolute atomic E-state index is 14.2. The number of carbonyl (C=O) groups is 1. The Morgan fingerprint density at radius 1 is 0.738 bits per heavy atom. The van der Waals surface area contributed by atoms with E-state index < -0.39 is 91.1 Å². The Morgan fingerprint density at radius 3 is 1.95 bits per heavy atom. The summed E-state index contributed by atoms with van der Waals surface area (Å²) >= 11 is 0. The summed E-state index contributed by atoms with van der Waals surface area (Å²) in [4.78, 5) is 18.2. The molecule has 1 aliphatic heterocycles. The van der Waals surface area contributed by atoms with Crippen LogP contribution < -0.4 is 11.5 Å². The standard InChI is InChI=1S/C49H93N3O13/c1-7-8-9-18-41-46(63)31(3)20-21-35(53)16-12-17-37(55)28-43(60)32(4)24-44(61)45(62)29-40(58)27-39(57)26-38(56)25-36(54)15-11-10-14-30(2)23-33(5)47(65-48(41)64)34(6)42(59)19-13-22-52-49(50)51/h23-24,31,33-47,53-63H,7-22,25-29H2,1-6H3,(H4,50,51,52). The summed E-state index contributed by atoms with van der Waals surface area (Å²) in [5, 5.41) is 119. The zero-order valence-corrected chi connectivity index (χ0v) is 40.6. The summed E-state index contributed by atoms with van der Waals surface area (Å²) in [6.45, 7) is 11.6. The van der Waals surface area contributed by atoms with Gasteiger partial charge in [-0.15, -0.1) is 0 Å². The van der Waals surface area contributed by atoms with Crippen molar-refractivity contribution < 1.29 is 65.7 Å². The van der Waals surface area contributed by atoms with Crippen molar-refractivity contribution in [1.29, 1.82) is 0 Å². The van der Waals surface area contributed by atoms with Crippen molar-refractivity contribution in [2.24, 2.45) is 40.1 Å². The van der Waals surface area contributed by atoms with E-state index in [1.54, 1.807) is 6.92 Å². The highest BCUT2D eigenvalue weighted by atomic mass is 16.5. The second kappa shape index (κ2) is 33.3. The third-order valence-electron chi connectivity index (χ3n) is 13.2. The number of carbonyl (C=O) groups excluding carboxylic acids is 1. The molecule has 0 aromatic rings. The Balaban J connectivity index is 3.35. The lowest BCUT2D eigenvalue weighted by atomic mass is 9.83. The van der Waals surface area contributed by atoms with E-state index in [4.69, 9.17) is 16.2 Å². The van der Waals surface area contributed by atoms with E-state index in [0.29, 0.717) is 82.7 Å². The third kappa shape index (κ3) is 26.2. The third-order valence-corrected chi connectivity index (χ3v) is 13.2. The molecule has 0 aromatic carbocycles. The van der Waals surface area contributed by atoms with E-state index in [9.17, 15) is 61.0 Å². The van der Waals surface area contributed by atoms with Crippen LogP contribution in [0.1, 0.15) is 170 Å². The first-order valence-electron chi connectivity index (χ1n) is 24.7. The van der Waals surface area contributed by atoms with Gasteiger partial charge < -0.3 is 72.4 Å². The van der Waals surface area contributed by atoms with Crippen LogP contribution in [-0.4, -0.2) is 148 Å². The monoisotopic (exact) mass is 932 g/mol. The molecule has 16 heteroatoms. The lowest BCUT2D eigenvalue weighted by molar-refractivity contribution is -0.167. The van der Waals surface area contributed by atoms with Gasteiger partial charge in [0.2, 0.25) is 0 Å². The molecular weight excluding hydrogens is 839 g/mol. The van der Waals surface area contributed by atoms with Crippen molar-refractivity contribution in [2.75, 3.05) is 6.54 Å². The minimum Gasteiger partial charge on any atom is -0.461 e. The van der Waals surface area contributed by atoms with Crippen LogP contribution in [0.2, 0.25) is 0 Å². The van der Waals surface area contributed by atoms with Crippen molar-refractivity contribution in [3.63, 3.8) is 0 Å². The molecule has 65 heavy (non-hydrogen) atoms. The van der Waals surface area contributed by atoms with Crippen molar-refractivity contribution in [3.8, 4) is 0 Å². The Morgan fingerprint density at radius 2 is 1.32 bits per heavy atom. The summed E-state index contributed by atoms with van der Waals surface area (Å²) in [6, 6.07) is 0. The molecule has 0 radical (unpaired) electrons. The maximum Gasteiger partial charge on any atom is 0.311 e. The molecule has 16 nitrogen and oxygen atoms in total. The van der Waals surface area contributed by atoms with Crippen LogP contribution in [0.4, 0.5) is 0 Å². The number of nitrogens with two attached hydrogens (primary N) is 2. The van der Waals surface area contributed by atoms with Gasteiger partial charge in [0.05, 0.1) is 73.1 Å². The number of esters is 1. The lowest BCUT2D eigenvalue weighted by Gasteiger charge is -2.34. The first-order chi connectivity index (χ1) is 30.5. The minimum atomic E-state index is -1.44. The molecule has 0 amide bonds. The first kappa shape index (κ1) is 60.8. The van der Waals surface area contributed by atoms with Crippen molar-refractivity contribution >= 4 is 11.9 Å². The molecule has 0 saturated heterocycles. The van der Waals surface area contributed by atoms with Gasteiger partial charge in [-0.1, -0.05) is 71.1 Å². The molecule has 382 valence electrons. The molecular formula is C49H93N3O13. The summed E-state index contributed by atoms with van der Waals surface area (Å²) in [7, 11) is 0. The first-order valence-corrected chi connectivity index (χ1v) is 24.7. The fourth-order valence-electron chi connectivity index (χ4n) is 8.93. The van der Waals surface area contributed by atoms with Crippen molar-refractivity contribution in [1.82, 2.24) is 0 Å². The summed E-state index contributed by atoms with van der Waals surface area (Å²) in [5.41, 5.74) is 12.3. The average Bonchev–Trinajstić information content (AvgIpc) is 3.22. The van der Waals surface area contributed by atoms with E-state index in [-0.39, 0.29) is 56.3 Å². The van der Waals surface area contributed by atoms with Gasteiger partial charge in [0.25, 0.3) is 0 Å². The number of hydrogen-bond donors (Lipinski definition) is 13. The van der Waals surface area contributed by atoms with Gasteiger partial charge in [0.15, 0.2) is 5.96 Å².